The maximum absolute atomic E-state index is 11.5. The van der Waals surface area contributed by atoms with Gasteiger partial charge in [0.2, 0.25) is 5.79 Å². The van der Waals surface area contributed by atoms with Crippen LogP contribution in [-0.2, 0) is 14.2 Å². The predicted octanol–water partition coefficient (Wildman–Crippen LogP) is 2.30. The van der Waals surface area contributed by atoms with Gasteiger partial charge in [-0.25, -0.2) is 0 Å². The van der Waals surface area contributed by atoms with Crippen molar-refractivity contribution in [2.45, 2.75) is 94.6 Å². The van der Waals surface area contributed by atoms with Crippen molar-refractivity contribution < 1.29 is 24.4 Å². The van der Waals surface area contributed by atoms with Crippen LogP contribution in [0.25, 0.3) is 0 Å². The van der Waals surface area contributed by atoms with Gasteiger partial charge in [-0.2, -0.15) is 0 Å². The fraction of sp³-hybridized carbons (Fsp3) is 0.900. The first-order valence-corrected chi connectivity index (χ1v) is 9.73. The van der Waals surface area contributed by atoms with E-state index in [-0.39, 0.29) is 11.5 Å². The summed E-state index contributed by atoms with van der Waals surface area (Å²) in [4.78, 5) is 0. The molecule has 1 saturated carbocycles. The first-order valence-electron chi connectivity index (χ1n) is 9.73. The fourth-order valence-electron chi connectivity index (χ4n) is 6.50. The molecule has 7 aliphatic rings. The topological polar surface area (TPSA) is 71.5 Å². The summed E-state index contributed by atoms with van der Waals surface area (Å²) in [6.45, 7) is 8.97. The number of epoxide rings is 1. The van der Waals surface area contributed by atoms with Gasteiger partial charge in [-0.05, 0) is 51.9 Å². The van der Waals surface area contributed by atoms with E-state index in [0.717, 1.165) is 25.7 Å². The lowest BCUT2D eigenvalue weighted by Crippen LogP contribution is -2.74. The second-order valence-electron chi connectivity index (χ2n) is 9.61. The smallest absolute Gasteiger partial charge is 0.230 e. The molecule has 4 fully saturated rings. The monoisotopic (exact) mass is 350 g/mol. The summed E-state index contributed by atoms with van der Waals surface area (Å²) in [6, 6.07) is 0. The first-order chi connectivity index (χ1) is 11.7. The van der Waals surface area contributed by atoms with Crippen LogP contribution in [0.2, 0.25) is 0 Å². The van der Waals surface area contributed by atoms with Gasteiger partial charge in [0.05, 0.1) is 18.3 Å². The van der Waals surface area contributed by atoms with Crippen molar-refractivity contribution in [1.82, 2.24) is 0 Å². The lowest BCUT2D eigenvalue weighted by Gasteiger charge is -2.56. The molecule has 7 rings (SSSR count). The normalized spacial score (nSPS) is 64.9. The molecule has 0 unspecified atom stereocenters. The molecule has 2 aliphatic carbocycles. The standard InChI is InChI=1S/C20H30O5/c1-12-6-5-8-17(4)15(21)20(22)19-14(24-17)10-13(2)16(3,9-7-12)18(19,25-19)11-23-20/h6,13-15,21-22H,5,7-11H2,1-4H3/b12-6+/t13-,14-,15+,16+,17+,18-,19+,20-/m1/s1. The molecule has 0 amide bonds. The van der Waals surface area contributed by atoms with Crippen LogP contribution in [0.4, 0.5) is 0 Å². The number of rotatable bonds is 0. The third-order valence-electron chi connectivity index (χ3n) is 8.49. The van der Waals surface area contributed by atoms with Gasteiger partial charge in [0.1, 0.15) is 11.7 Å². The maximum Gasteiger partial charge on any atom is 0.230 e. The fourth-order valence-corrected chi connectivity index (χ4v) is 6.50. The largest absolute Gasteiger partial charge is 0.384 e. The van der Waals surface area contributed by atoms with E-state index in [0.29, 0.717) is 18.9 Å². The number of ether oxygens (including phenoxy) is 3. The zero-order chi connectivity index (χ0) is 17.9. The molecule has 5 nitrogen and oxygen atoms in total. The minimum atomic E-state index is -1.68. The molecule has 5 heterocycles. The van der Waals surface area contributed by atoms with Crippen molar-refractivity contribution in [2.24, 2.45) is 11.3 Å². The lowest BCUT2D eigenvalue weighted by atomic mass is 9.53. The van der Waals surface area contributed by atoms with E-state index in [1.54, 1.807) is 0 Å². The van der Waals surface area contributed by atoms with Crippen LogP contribution >= 0.6 is 0 Å². The Labute approximate surface area is 149 Å². The molecule has 25 heavy (non-hydrogen) atoms. The molecule has 2 N–H and O–H groups in total. The van der Waals surface area contributed by atoms with Gasteiger partial charge in [0.25, 0.3) is 0 Å². The summed E-state index contributed by atoms with van der Waals surface area (Å²) in [5.74, 6) is -1.28. The Balaban J connectivity index is 1.71. The quantitative estimate of drug-likeness (QED) is 0.518. The maximum atomic E-state index is 11.5. The van der Waals surface area contributed by atoms with Gasteiger partial charge in [-0.1, -0.05) is 25.5 Å². The van der Waals surface area contributed by atoms with Gasteiger partial charge < -0.3 is 24.4 Å². The second kappa shape index (κ2) is 4.50. The number of fused-ring (bicyclic) bond motifs is 1. The van der Waals surface area contributed by atoms with E-state index in [9.17, 15) is 10.2 Å². The Kier molecular flexibility index (Phi) is 3.01. The Morgan fingerprint density at radius 2 is 2.00 bits per heavy atom. The molecular formula is C20H30O5. The molecular weight excluding hydrogens is 320 g/mol. The van der Waals surface area contributed by atoms with Crippen molar-refractivity contribution in [3.05, 3.63) is 11.6 Å². The van der Waals surface area contributed by atoms with Gasteiger partial charge in [-0.15, -0.1) is 0 Å². The number of aliphatic hydroxyl groups is 2. The molecule has 8 atom stereocenters. The third kappa shape index (κ3) is 1.56. The zero-order valence-corrected chi connectivity index (χ0v) is 15.7. The van der Waals surface area contributed by atoms with Gasteiger partial charge in [-0.3, -0.25) is 0 Å². The van der Waals surface area contributed by atoms with Crippen molar-refractivity contribution in [2.75, 3.05) is 6.61 Å². The zero-order valence-electron chi connectivity index (χ0n) is 15.7. The second-order valence-corrected chi connectivity index (χ2v) is 9.61. The van der Waals surface area contributed by atoms with E-state index < -0.39 is 28.7 Å². The molecule has 0 aromatic carbocycles. The molecule has 1 spiro atoms. The average Bonchev–Trinajstić information content (AvgIpc) is 3.20. The van der Waals surface area contributed by atoms with Crippen molar-refractivity contribution >= 4 is 0 Å². The van der Waals surface area contributed by atoms with Crippen LogP contribution in [0, 0.1) is 11.3 Å². The highest BCUT2D eigenvalue weighted by molar-refractivity contribution is 5.40. The predicted molar refractivity (Wildman–Crippen MR) is 90.8 cm³/mol. The van der Waals surface area contributed by atoms with Gasteiger partial charge >= 0.3 is 0 Å². The van der Waals surface area contributed by atoms with Crippen LogP contribution in [0.15, 0.2) is 11.6 Å². The average molecular weight is 350 g/mol. The molecule has 0 radical (unpaired) electrons. The molecule has 140 valence electrons. The number of allylic oxidation sites excluding steroid dienone is 2. The highest BCUT2D eigenvalue weighted by Gasteiger charge is 2.96. The summed E-state index contributed by atoms with van der Waals surface area (Å²) < 4.78 is 18.9. The summed E-state index contributed by atoms with van der Waals surface area (Å²) in [5, 5.41) is 22.6. The Bertz CT molecular complexity index is 662. The molecule has 3 saturated heterocycles. The van der Waals surface area contributed by atoms with Crippen LogP contribution < -0.4 is 0 Å². The first kappa shape index (κ1) is 16.7. The minimum absolute atomic E-state index is 0.112. The summed E-state index contributed by atoms with van der Waals surface area (Å²) >= 11 is 0. The van der Waals surface area contributed by atoms with Crippen LogP contribution in [0.5, 0.6) is 0 Å². The number of aliphatic hydroxyl groups excluding tert-OH is 1. The molecule has 0 aromatic rings. The van der Waals surface area contributed by atoms with Crippen LogP contribution in [0.1, 0.15) is 59.8 Å². The summed E-state index contributed by atoms with van der Waals surface area (Å²) in [6.07, 6.45) is 5.24. The molecule has 0 aromatic heterocycles. The highest BCUT2D eigenvalue weighted by atomic mass is 16.8. The number of hydrogen-bond donors (Lipinski definition) is 2. The van der Waals surface area contributed by atoms with Gasteiger partial charge in [0, 0.05) is 5.41 Å². The highest BCUT2D eigenvalue weighted by Crippen LogP contribution is 2.78. The lowest BCUT2D eigenvalue weighted by molar-refractivity contribution is -0.369. The van der Waals surface area contributed by atoms with Crippen molar-refractivity contribution in [3.8, 4) is 0 Å². The summed E-state index contributed by atoms with van der Waals surface area (Å²) in [5.41, 5.74) is -1.05. The Morgan fingerprint density at radius 3 is 2.76 bits per heavy atom. The Morgan fingerprint density at radius 1 is 1.24 bits per heavy atom. The molecule has 6 bridgehead atoms. The Hall–Kier alpha value is -0.460. The van der Waals surface area contributed by atoms with E-state index in [4.69, 9.17) is 14.2 Å². The van der Waals surface area contributed by atoms with E-state index in [1.165, 1.54) is 5.57 Å². The SMILES string of the molecule is C/C1=C\CC[C@]2(C)O[C@@H]3C[C@@H](C)[C@](C)(CC1)[C@]14CO[C@](O)([C@H]2O)[C@]31O4. The summed E-state index contributed by atoms with van der Waals surface area (Å²) in [7, 11) is 0. The van der Waals surface area contributed by atoms with E-state index in [2.05, 4.69) is 26.8 Å². The number of hydrogen-bond acceptors (Lipinski definition) is 5. The molecule has 5 aliphatic heterocycles. The van der Waals surface area contributed by atoms with E-state index in [1.807, 2.05) is 6.92 Å². The van der Waals surface area contributed by atoms with Crippen molar-refractivity contribution in [3.63, 3.8) is 0 Å². The van der Waals surface area contributed by atoms with Crippen molar-refractivity contribution in [1.29, 1.82) is 0 Å². The molecule has 5 heteroatoms. The minimum Gasteiger partial charge on any atom is -0.384 e. The van der Waals surface area contributed by atoms with Crippen LogP contribution in [0.3, 0.4) is 0 Å². The van der Waals surface area contributed by atoms with E-state index >= 15 is 0 Å². The third-order valence-corrected chi connectivity index (χ3v) is 8.49. The van der Waals surface area contributed by atoms with Gasteiger partial charge in [0.15, 0.2) is 5.60 Å². The van der Waals surface area contributed by atoms with Crippen LogP contribution in [-0.4, -0.2) is 51.6 Å².